The second-order valence-corrected chi connectivity index (χ2v) is 6.88. The van der Waals surface area contributed by atoms with Gasteiger partial charge in [-0.25, -0.2) is 0 Å². The van der Waals surface area contributed by atoms with Crippen LogP contribution in [0.3, 0.4) is 0 Å². The van der Waals surface area contributed by atoms with Gasteiger partial charge in [-0.3, -0.25) is 9.78 Å². The molecule has 4 nitrogen and oxygen atoms in total. The number of carbonyl (C=O) groups excluding carboxylic acids is 1. The number of halogens is 3. The summed E-state index contributed by atoms with van der Waals surface area (Å²) in [6, 6.07) is 10.5. The molecule has 0 saturated heterocycles. The van der Waals surface area contributed by atoms with Crippen molar-refractivity contribution in [2.75, 3.05) is 0 Å². The summed E-state index contributed by atoms with van der Waals surface area (Å²) in [6.45, 7) is 2.10. The van der Waals surface area contributed by atoms with E-state index >= 15 is 0 Å². The zero-order valence-corrected chi connectivity index (χ0v) is 16.0. The van der Waals surface area contributed by atoms with Gasteiger partial charge in [-0.15, -0.1) is 0 Å². The highest BCUT2D eigenvalue weighted by atomic mass is 19.4. The van der Waals surface area contributed by atoms with Crippen LogP contribution in [0.1, 0.15) is 42.2 Å². The molecule has 0 aliphatic rings. The number of unbranched alkanes of at least 4 members (excludes halogenated alkanes) is 1. The molecule has 3 rings (SSSR count). The van der Waals surface area contributed by atoms with Crippen molar-refractivity contribution in [2.45, 2.75) is 45.2 Å². The van der Waals surface area contributed by atoms with Gasteiger partial charge in [0.1, 0.15) is 17.2 Å². The maximum Gasteiger partial charge on any atom is 0.416 e. The first-order chi connectivity index (χ1) is 13.9. The fourth-order valence-corrected chi connectivity index (χ4v) is 3.04. The van der Waals surface area contributed by atoms with Gasteiger partial charge >= 0.3 is 6.18 Å². The van der Waals surface area contributed by atoms with Crippen molar-refractivity contribution in [3.8, 4) is 11.4 Å². The quantitative estimate of drug-likeness (QED) is 0.503. The Bertz CT molecular complexity index is 963. The summed E-state index contributed by atoms with van der Waals surface area (Å²) in [4.78, 5) is 16.6. The standard InChI is InChI=1S/C22H21F3N2O2/c1-2-3-7-18-13-21(27-29-18)20-10-9-15(14-26-20)11-17(28)12-16-6-4-5-8-19(16)22(23,24)25/h4-6,8-10,13-14H,2-3,7,11-12H2,1H3. The summed E-state index contributed by atoms with van der Waals surface area (Å²) >= 11 is 0. The first-order valence-corrected chi connectivity index (χ1v) is 9.44. The number of rotatable bonds is 8. The molecule has 2 heterocycles. The molecule has 3 aromatic rings. The SMILES string of the molecule is CCCCc1cc(-c2ccc(CC(=O)Cc3ccccc3C(F)(F)F)cn2)no1. The van der Waals surface area contributed by atoms with E-state index in [1.807, 2.05) is 6.07 Å². The molecule has 0 atom stereocenters. The highest BCUT2D eigenvalue weighted by molar-refractivity contribution is 5.83. The minimum absolute atomic E-state index is 0.0139. The molecule has 0 N–H and O–H groups in total. The molecule has 0 unspecified atom stereocenters. The highest BCUT2D eigenvalue weighted by Gasteiger charge is 2.33. The number of nitrogens with zero attached hydrogens (tertiary/aromatic N) is 2. The van der Waals surface area contributed by atoms with Crippen LogP contribution >= 0.6 is 0 Å². The lowest BCUT2D eigenvalue weighted by molar-refractivity contribution is -0.138. The summed E-state index contributed by atoms with van der Waals surface area (Å²) in [5.74, 6) is 0.491. The zero-order chi connectivity index (χ0) is 20.9. The first-order valence-electron chi connectivity index (χ1n) is 9.44. The topological polar surface area (TPSA) is 56.0 Å². The van der Waals surface area contributed by atoms with Gasteiger partial charge in [0.15, 0.2) is 0 Å². The summed E-state index contributed by atoms with van der Waals surface area (Å²) in [7, 11) is 0. The number of ketones is 1. The number of Topliss-reactive ketones (excluding diaryl/α,β-unsaturated/α-hetero) is 1. The van der Waals surface area contributed by atoms with Gasteiger partial charge in [-0.2, -0.15) is 13.2 Å². The van der Waals surface area contributed by atoms with Gasteiger partial charge in [0.25, 0.3) is 0 Å². The third-order valence-corrected chi connectivity index (χ3v) is 4.53. The van der Waals surface area contributed by atoms with Crippen LogP contribution in [0.15, 0.2) is 53.2 Å². The molecule has 0 fully saturated rings. The number of hydrogen-bond acceptors (Lipinski definition) is 4. The predicted molar refractivity (Wildman–Crippen MR) is 102 cm³/mol. The number of aromatic nitrogens is 2. The molecule has 0 amide bonds. The smallest absolute Gasteiger partial charge is 0.361 e. The lowest BCUT2D eigenvalue weighted by atomic mass is 9.99. The zero-order valence-electron chi connectivity index (χ0n) is 16.0. The molecule has 0 radical (unpaired) electrons. The van der Waals surface area contributed by atoms with Crippen LogP contribution in [-0.4, -0.2) is 15.9 Å². The van der Waals surface area contributed by atoms with E-state index in [4.69, 9.17) is 4.52 Å². The van der Waals surface area contributed by atoms with Gasteiger partial charge in [0, 0.05) is 31.5 Å². The predicted octanol–water partition coefficient (Wildman–Crippen LogP) is 5.45. The van der Waals surface area contributed by atoms with E-state index in [0.29, 0.717) is 17.0 Å². The minimum atomic E-state index is -4.48. The van der Waals surface area contributed by atoms with Crippen LogP contribution in [0, 0.1) is 0 Å². The van der Waals surface area contributed by atoms with E-state index in [0.717, 1.165) is 31.1 Å². The second-order valence-electron chi connectivity index (χ2n) is 6.88. The van der Waals surface area contributed by atoms with Crippen LogP contribution < -0.4 is 0 Å². The summed E-state index contributed by atoms with van der Waals surface area (Å²) in [5, 5.41) is 4.01. The van der Waals surface area contributed by atoms with E-state index in [-0.39, 0.29) is 24.2 Å². The van der Waals surface area contributed by atoms with Gasteiger partial charge in [-0.05, 0) is 29.7 Å². The molecule has 7 heteroatoms. The van der Waals surface area contributed by atoms with Gasteiger partial charge in [0.05, 0.1) is 11.3 Å². The van der Waals surface area contributed by atoms with Gasteiger partial charge in [0.2, 0.25) is 0 Å². The Morgan fingerprint density at radius 1 is 1.07 bits per heavy atom. The summed E-state index contributed by atoms with van der Waals surface area (Å²) in [6.07, 6.45) is -0.307. The minimum Gasteiger partial charge on any atom is -0.361 e. The molecule has 152 valence electrons. The van der Waals surface area contributed by atoms with Crippen molar-refractivity contribution in [3.05, 3.63) is 71.1 Å². The van der Waals surface area contributed by atoms with Crippen LogP contribution in [0.4, 0.5) is 13.2 Å². The van der Waals surface area contributed by atoms with Crippen LogP contribution in [0.25, 0.3) is 11.4 Å². The Morgan fingerprint density at radius 3 is 2.55 bits per heavy atom. The molecule has 0 aliphatic carbocycles. The monoisotopic (exact) mass is 402 g/mol. The molecular formula is C22H21F3N2O2. The lowest BCUT2D eigenvalue weighted by Gasteiger charge is -2.12. The maximum absolute atomic E-state index is 13.1. The average Bonchev–Trinajstić information content (AvgIpc) is 3.15. The number of pyridine rings is 1. The van der Waals surface area contributed by atoms with E-state index in [9.17, 15) is 18.0 Å². The molecular weight excluding hydrogens is 381 g/mol. The average molecular weight is 402 g/mol. The van der Waals surface area contributed by atoms with Crippen LogP contribution in [0.2, 0.25) is 0 Å². The first kappa shape index (κ1) is 20.8. The Labute approximate surface area is 166 Å². The number of hydrogen-bond donors (Lipinski definition) is 0. The lowest BCUT2D eigenvalue weighted by Crippen LogP contribution is -2.13. The van der Waals surface area contributed by atoms with Crippen molar-refractivity contribution < 1.29 is 22.5 Å². The Kier molecular flexibility index (Phi) is 6.46. The third kappa shape index (κ3) is 5.53. The van der Waals surface area contributed by atoms with Gasteiger partial charge < -0.3 is 4.52 Å². The normalized spacial score (nSPS) is 11.6. The Morgan fingerprint density at radius 2 is 1.86 bits per heavy atom. The van der Waals surface area contributed by atoms with Crippen molar-refractivity contribution in [2.24, 2.45) is 0 Å². The molecule has 29 heavy (non-hydrogen) atoms. The fraction of sp³-hybridized carbons (Fsp3) is 0.318. The van der Waals surface area contributed by atoms with Crippen molar-refractivity contribution in [1.29, 1.82) is 0 Å². The maximum atomic E-state index is 13.1. The number of alkyl halides is 3. The van der Waals surface area contributed by atoms with Crippen molar-refractivity contribution in [1.82, 2.24) is 10.1 Å². The van der Waals surface area contributed by atoms with Crippen LogP contribution in [-0.2, 0) is 30.2 Å². The molecule has 1 aromatic carbocycles. The molecule has 0 aliphatic heterocycles. The second kappa shape index (κ2) is 9.03. The number of aryl methyl sites for hydroxylation is 1. The molecule has 2 aromatic heterocycles. The third-order valence-electron chi connectivity index (χ3n) is 4.53. The van der Waals surface area contributed by atoms with Crippen molar-refractivity contribution >= 4 is 5.78 Å². The molecule has 0 saturated carbocycles. The van der Waals surface area contributed by atoms with Gasteiger partial charge in [-0.1, -0.05) is 42.8 Å². The Balaban J connectivity index is 1.64. The van der Waals surface area contributed by atoms with Crippen LogP contribution in [0.5, 0.6) is 0 Å². The van der Waals surface area contributed by atoms with E-state index in [1.165, 1.54) is 18.2 Å². The number of benzene rings is 1. The van der Waals surface area contributed by atoms with Crippen molar-refractivity contribution in [3.63, 3.8) is 0 Å². The summed E-state index contributed by atoms with van der Waals surface area (Å²) in [5.41, 5.74) is 1.09. The van der Waals surface area contributed by atoms with E-state index in [2.05, 4.69) is 17.1 Å². The Hall–Kier alpha value is -2.96. The highest BCUT2D eigenvalue weighted by Crippen LogP contribution is 2.32. The van der Waals surface area contributed by atoms with E-state index < -0.39 is 11.7 Å². The molecule has 0 bridgehead atoms. The van der Waals surface area contributed by atoms with E-state index in [1.54, 1.807) is 18.3 Å². The molecule has 0 spiro atoms. The fourth-order valence-electron chi connectivity index (χ4n) is 3.04. The number of carbonyl (C=O) groups is 1. The largest absolute Gasteiger partial charge is 0.416 e. The summed E-state index contributed by atoms with van der Waals surface area (Å²) < 4.78 is 44.5.